The van der Waals surface area contributed by atoms with Crippen molar-refractivity contribution in [1.29, 1.82) is 0 Å². The van der Waals surface area contributed by atoms with E-state index in [0.717, 1.165) is 0 Å². The number of halogens is 2. The fourth-order valence-corrected chi connectivity index (χ4v) is 5.55. The fraction of sp³-hybridized carbons (Fsp3) is 0.409. The average Bonchev–Trinajstić information content (AvgIpc) is 2.76. The van der Waals surface area contributed by atoms with E-state index in [1.807, 2.05) is 6.92 Å². The van der Waals surface area contributed by atoms with Crippen LogP contribution in [0.3, 0.4) is 0 Å². The number of benzene rings is 2. The van der Waals surface area contributed by atoms with Gasteiger partial charge in [-0.15, -0.1) is 0 Å². The highest BCUT2D eigenvalue weighted by molar-refractivity contribution is 7.89. The molecule has 1 saturated heterocycles. The van der Waals surface area contributed by atoms with Crippen molar-refractivity contribution in [3.05, 3.63) is 58.9 Å². The van der Waals surface area contributed by atoms with Gasteiger partial charge < -0.3 is 9.64 Å². The molecular weight excluding hydrogens is 443 g/mol. The van der Waals surface area contributed by atoms with E-state index in [9.17, 15) is 17.6 Å². The van der Waals surface area contributed by atoms with Gasteiger partial charge in [0.1, 0.15) is 11.6 Å². The lowest BCUT2D eigenvalue weighted by Crippen LogP contribution is -2.45. The number of rotatable bonds is 7. The number of nitrogens with zero attached hydrogens (tertiary/aromatic N) is 2. The number of hydrogen-bond acceptors (Lipinski definition) is 4. The maximum Gasteiger partial charge on any atom is 0.243 e. The van der Waals surface area contributed by atoms with Crippen LogP contribution in [0.2, 0.25) is 5.02 Å². The first-order chi connectivity index (χ1) is 14.7. The van der Waals surface area contributed by atoms with Crippen molar-refractivity contribution < 1.29 is 22.3 Å². The van der Waals surface area contributed by atoms with Gasteiger partial charge in [-0.1, -0.05) is 29.8 Å². The third kappa shape index (κ3) is 5.37. The molecule has 1 aliphatic rings. The van der Waals surface area contributed by atoms with Crippen LogP contribution in [0.5, 0.6) is 5.75 Å². The van der Waals surface area contributed by atoms with E-state index in [1.54, 1.807) is 25.2 Å². The highest BCUT2D eigenvalue weighted by Gasteiger charge is 2.34. The molecule has 1 heterocycles. The van der Waals surface area contributed by atoms with Gasteiger partial charge in [-0.3, -0.25) is 4.79 Å². The van der Waals surface area contributed by atoms with Gasteiger partial charge >= 0.3 is 0 Å². The Morgan fingerprint density at radius 2 is 2.03 bits per heavy atom. The smallest absolute Gasteiger partial charge is 0.243 e. The monoisotopic (exact) mass is 468 g/mol. The maximum absolute atomic E-state index is 13.9. The summed E-state index contributed by atoms with van der Waals surface area (Å²) in [6.07, 6.45) is 1.14. The zero-order valence-corrected chi connectivity index (χ0v) is 19.1. The molecule has 1 amide bonds. The predicted molar refractivity (Wildman–Crippen MR) is 117 cm³/mol. The summed E-state index contributed by atoms with van der Waals surface area (Å²) < 4.78 is 46.9. The summed E-state index contributed by atoms with van der Waals surface area (Å²) in [5, 5.41) is 0.220. The normalized spacial score (nSPS) is 17.4. The van der Waals surface area contributed by atoms with Gasteiger partial charge in [0.05, 0.1) is 22.4 Å². The minimum Gasteiger partial charge on any atom is -0.492 e. The molecule has 0 aromatic heterocycles. The molecule has 168 valence electrons. The molecule has 0 bridgehead atoms. The summed E-state index contributed by atoms with van der Waals surface area (Å²) in [4.78, 5) is 14.5. The maximum atomic E-state index is 13.9. The Morgan fingerprint density at radius 1 is 1.29 bits per heavy atom. The van der Waals surface area contributed by atoms with Gasteiger partial charge in [-0.25, -0.2) is 12.8 Å². The molecule has 0 unspecified atom stereocenters. The van der Waals surface area contributed by atoms with Gasteiger partial charge in [0.25, 0.3) is 0 Å². The second kappa shape index (κ2) is 9.97. The second-order valence-electron chi connectivity index (χ2n) is 7.51. The minimum absolute atomic E-state index is 0.0637. The Bertz CT molecular complexity index is 1050. The molecule has 31 heavy (non-hydrogen) atoms. The van der Waals surface area contributed by atoms with E-state index < -0.39 is 15.9 Å². The van der Waals surface area contributed by atoms with E-state index in [1.165, 1.54) is 33.5 Å². The van der Waals surface area contributed by atoms with Crippen molar-refractivity contribution in [2.24, 2.45) is 5.92 Å². The molecule has 0 N–H and O–H groups in total. The summed E-state index contributed by atoms with van der Waals surface area (Å²) in [5.41, 5.74) is 0.419. The quantitative estimate of drug-likeness (QED) is 0.617. The zero-order valence-electron chi connectivity index (χ0n) is 17.6. The Kier molecular flexibility index (Phi) is 7.56. The van der Waals surface area contributed by atoms with Crippen LogP contribution in [0, 0.1) is 11.7 Å². The van der Waals surface area contributed by atoms with Crippen molar-refractivity contribution in [2.75, 3.05) is 26.7 Å². The molecule has 1 aliphatic heterocycles. The molecule has 6 nitrogen and oxygen atoms in total. The van der Waals surface area contributed by atoms with Crippen molar-refractivity contribution in [2.45, 2.75) is 31.2 Å². The number of piperidine rings is 1. The van der Waals surface area contributed by atoms with Gasteiger partial charge in [0.2, 0.25) is 15.9 Å². The largest absolute Gasteiger partial charge is 0.492 e. The zero-order chi connectivity index (χ0) is 22.6. The van der Waals surface area contributed by atoms with E-state index in [-0.39, 0.29) is 34.7 Å². The third-order valence-corrected chi connectivity index (χ3v) is 7.47. The molecule has 1 fully saturated rings. The first-order valence-corrected chi connectivity index (χ1v) is 12.0. The van der Waals surface area contributed by atoms with Crippen molar-refractivity contribution >= 4 is 27.5 Å². The van der Waals surface area contributed by atoms with E-state index >= 15 is 0 Å². The van der Waals surface area contributed by atoms with Crippen LogP contribution >= 0.6 is 11.6 Å². The predicted octanol–water partition coefficient (Wildman–Crippen LogP) is 3.94. The van der Waals surface area contributed by atoms with E-state index in [4.69, 9.17) is 16.3 Å². The first kappa shape index (κ1) is 23.5. The average molecular weight is 469 g/mol. The molecule has 2 aromatic carbocycles. The number of hydrogen-bond donors (Lipinski definition) is 0. The van der Waals surface area contributed by atoms with Crippen molar-refractivity contribution in [3.63, 3.8) is 0 Å². The van der Waals surface area contributed by atoms with Crippen LogP contribution in [-0.2, 0) is 21.4 Å². The third-order valence-electron chi connectivity index (χ3n) is 5.32. The van der Waals surface area contributed by atoms with Crippen molar-refractivity contribution in [1.82, 2.24) is 9.21 Å². The summed E-state index contributed by atoms with van der Waals surface area (Å²) in [6, 6.07) is 10.7. The fourth-order valence-electron chi connectivity index (χ4n) is 3.70. The highest BCUT2D eigenvalue weighted by atomic mass is 35.5. The second-order valence-corrected chi connectivity index (χ2v) is 9.86. The molecule has 2 aromatic rings. The molecule has 0 saturated carbocycles. The highest BCUT2D eigenvalue weighted by Crippen LogP contribution is 2.31. The summed E-state index contributed by atoms with van der Waals surface area (Å²) in [5.74, 6) is -0.640. The van der Waals surface area contributed by atoms with Gasteiger partial charge in [0, 0.05) is 32.2 Å². The Balaban J connectivity index is 1.72. The van der Waals surface area contributed by atoms with Gasteiger partial charge in [-0.2, -0.15) is 4.31 Å². The lowest BCUT2D eigenvalue weighted by molar-refractivity contribution is -0.135. The lowest BCUT2D eigenvalue weighted by Gasteiger charge is -2.33. The Hall–Kier alpha value is -2.16. The molecule has 3 rings (SSSR count). The van der Waals surface area contributed by atoms with Crippen LogP contribution in [0.15, 0.2) is 47.4 Å². The minimum atomic E-state index is -3.81. The molecule has 1 atom stereocenters. The Labute approximate surface area is 187 Å². The first-order valence-electron chi connectivity index (χ1n) is 10.1. The van der Waals surface area contributed by atoms with Crippen molar-refractivity contribution in [3.8, 4) is 5.75 Å². The molecule has 0 aliphatic carbocycles. The SMILES string of the molecule is CCOc1ccc(S(=O)(=O)N2CCC[C@H](C(=O)N(C)Cc3ccccc3F)C2)cc1Cl. The topological polar surface area (TPSA) is 66.9 Å². The summed E-state index contributed by atoms with van der Waals surface area (Å²) in [7, 11) is -2.21. The number of ether oxygens (including phenoxy) is 1. The van der Waals surface area contributed by atoms with E-state index in [0.29, 0.717) is 37.3 Å². The summed E-state index contributed by atoms with van der Waals surface area (Å²) in [6.45, 7) is 2.77. The molecule has 9 heteroatoms. The lowest BCUT2D eigenvalue weighted by atomic mass is 9.98. The number of carbonyl (C=O) groups is 1. The van der Waals surface area contributed by atoms with Gasteiger partial charge in [0.15, 0.2) is 0 Å². The van der Waals surface area contributed by atoms with Crippen LogP contribution in [0.1, 0.15) is 25.3 Å². The van der Waals surface area contributed by atoms with E-state index in [2.05, 4.69) is 0 Å². The summed E-state index contributed by atoms with van der Waals surface area (Å²) >= 11 is 6.16. The molecule has 0 radical (unpaired) electrons. The van der Waals surface area contributed by atoms with Crippen LogP contribution in [0.25, 0.3) is 0 Å². The Morgan fingerprint density at radius 3 is 2.71 bits per heavy atom. The van der Waals surface area contributed by atoms with Gasteiger partial charge in [-0.05, 0) is 44.0 Å². The standard InChI is InChI=1S/C22H26ClFN2O4S/c1-3-30-21-11-10-18(13-19(21)23)31(28,29)26-12-6-8-17(15-26)22(27)25(2)14-16-7-4-5-9-20(16)24/h4-5,7,9-11,13,17H,3,6,8,12,14-15H2,1-2H3/t17-/m0/s1. The molecular formula is C22H26ClFN2O4S. The van der Waals surface area contributed by atoms with Crippen LogP contribution < -0.4 is 4.74 Å². The number of sulfonamides is 1. The number of carbonyl (C=O) groups excluding carboxylic acids is 1. The van der Waals surface area contributed by atoms with Crippen LogP contribution in [-0.4, -0.2) is 50.3 Å². The number of amides is 1. The molecule has 0 spiro atoms. The van der Waals surface area contributed by atoms with Crippen LogP contribution in [0.4, 0.5) is 4.39 Å².